The van der Waals surface area contributed by atoms with Crippen LogP contribution < -0.4 is 10.8 Å². The van der Waals surface area contributed by atoms with Gasteiger partial charge in [-0.1, -0.05) is 18.7 Å². The van der Waals surface area contributed by atoms with Gasteiger partial charge in [0.05, 0.1) is 11.2 Å². The predicted molar refractivity (Wildman–Crippen MR) is 92.7 cm³/mol. The molecule has 3 rings (SSSR count). The Morgan fingerprint density at radius 3 is 2.13 bits per heavy atom. The number of amides is 1. The third-order valence-corrected chi connectivity index (χ3v) is 5.06. The summed E-state index contributed by atoms with van der Waals surface area (Å²) in [5.74, 6) is 0.287. The van der Waals surface area contributed by atoms with E-state index >= 15 is 0 Å². The van der Waals surface area contributed by atoms with Crippen molar-refractivity contribution in [3.8, 4) is 0 Å². The van der Waals surface area contributed by atoms with Crippen molar-refractivity contribution in [3.63, 3.8) is 0 Å². The summed E-state index contributed by atoms with van der Waals surface area (Å²) in [5.41, 5.74) is 1.68. The molecule has 4 nitrogen and oxygen atoms in total. The van der Waals surface area contributed by atoms with E-state index in [-0.39, 0.29) is 24.2 Å². The summed E-state index contributed by atoms with van der Waals surface area (Å²) in [4.78, 5) is 12.0. The summed E-state index contributed by atoms with van der Waals surface area (Å²) < 4.78 is 12.1. The fourth-order valence-electron chi connectivity index (χ4n) is 2.53. The average molecular weight is 313 g/mol. The van der Waals surface area contributed by atoms with Crippen LogP contribution in [-0.2, 0) is 14.1 Å². The van der Waals surface area contributed by atoms with Crippen molar-refractivity contribution >= 4 is 24.2 Å². The van der Waals surface area contributed by atoms with Gasteiger partial charge >= 0.3 is 7.12 Å². The van der Waals surface area contributed by atoms with E-state index in [9.17, 15) is 4.79 Å². The molecule has 1 aliphatic heterocycles. The lowest BCUT2D eigenvalue weighted by molar-refractivity contribution is -0.113. The van der Waals surface area contributed by atoms with Crippen molar-refractivity contribution in [1.82, 2.24) is 0 Å². The van der Waals surface area contributed by atoms with Gasteiger partial charge in [0.2, 0.25) is 0 Å². The van der Waals surface area contributed by atoms with E-state index in [0.717, 1.165) is 24.0 Å². The maximum absolute atomic E-state index is 12.0. The van der Waals surface area contributed by atoms with E-state index in [2.05, 4.69) is 11.9 Å². The number of rotatable bonds is 4. The molecule has 1 heterocycles. The third kappa shape index (κ3) is 3.21. The molecule has 0 bridgehead atoms. The molecule has 0 radical (unpaired) electrons. The topological polar surface area (TPSA) is 47.6 Å². The average Bonchev–Trinajstić information content (AvgIpc) is 3.27. The highest BCUT2D eigenvalue weighted by atomic mass is 16.7. The van der Waals surface area contributed by atoms with Crippen molar-refractivity contribution in [2.45, 2.75) is 51.7 Å². The Hall–Kier alpha value is -1.59. The lowest BCUT2D eigenvalue weighted by atomic mass is 9.79. The van der Waals surface area contributed by atoms with Crippen LogP contribution in [0.2, 0.25) is 0 Å². The molecule has 0 aromatic heterocycles. The normalized spacial score (nSPS) is 22.0. The van der Waals surface area contributed by atoms with Gasteiger partial charge in [-0.05, 0) is 64.1 Å². The molecule has 1 aromatic rings. The van der Waals surface area contributed by atoms with Gasteiger partial charge in [0.15, 0.2) is 0 Å². The first kappa shape index (κ1) is 16.3. The quantitative estimate of drug-likeness (QED) is 0.687. The number of carbonyl (C=O) groups excluding carboxylic acids is 1. The van der Waals surface area contributed by atoms with E-state index in [1.54, 1.807) is 0 Å². The number of benzene rings is 1. The van der Waals surface area contributed by atoms with E-state index in [0.29, 0.717) is 11.5 Å². The molecule has 1 N–H and O–H groups in total. The first-order valence-corrected chi connectivity index (χ1v) is 8.15. The van der Waals surface area contributed by atoms with Gasteiger partial charge in [-0.2, -0.15) is 0 Å². The number of anilines is 1. The minimum atomic E-state index is -0.383. The third-order valence-electron chi connectivity index (χ3n) is 5.06. The summed E-state index contributed by atoms with van der Waals surface area (Å²) in [5, 5.41) is 2.89. The lowest BCUT2D eigenvalue weighted by Gasteiger charge is -2.32. The van der Waals surface area contributed by atoms with Crippen molar-refractivity contribution < 1.29 is 14.1 Å². The van der Waals surface area contributed by atoms with Gasteiger partial charge in [0.1, 0.15) is 0 Å². The number of hydrogen-bond acceptors (Lipinski definition) is 3. The van der Waals surface area contributed by atoms with Gasteiger partial charge < -0.3 is 14.6 Å². The maximum atomic E-state index is 12.0. The summed E-state index contributed by atoms with van der Waals surface area (Å²) in [6.07, 6.45) is 2.15. The summed E-state index contributed by atoms with van der Waals surface area (Å²) in [6.45, 7) is 12.0. The minimum absolute atomic E-state index is 0.0871. The van der Waals surface area contributed by atoms with Crippen LogP contribution in [0.25, 0.3) is 0 Å². The van der Waals surface area contributed by atoms with Gasteiger partial charge in [-0.15, -0.1) is 0 Å². The molecule has 1 amide bonds. The van der Waals surface area contributed by atoms with Gasteiger partial charge in [0.25, 0.3) is 5.91 Å². The fraction of sp³-hybridized carbons (Fsp3) is 0.500. The molecule has 5 heteroatoms. The zero-order valence-electron chi connectivity index (χ0n) is 14.3. The monoisotopic (exact) mass is 313 g/mol. The summed E-state index contributed by atoms with van der Waals surface area (Å²) in [6, 6.07) is 7.60. The molecule has 1 aromatic carbocycles. The van der Waals surface area contributed by atoms with Crippen LogP contribution in [0.1, 0.15) is 40.5 Å². The molecular weight excluding hydrogens is 289 g/mol. The first-order valence-electron chi connectivity index (χ1n) is 8.15. The Labute approximate surface area is 138 Å². The number of nitrogens with one attached hydrogen (secondary N) is 1. The molecule has 0 atom stereocenters. The molecule has 0 unspecified atom stereocenters. The molecule has 2 fully saturated rings. The van der Waals surface area contributed by atoms with Crippen LogP contribution in [0.15, 0.2) is 36.4 Å². The molecular formula is C18H24BNO3. The predicted octanol–water partition coefficient (Wildman–Crippen LogP) is 2.89. The second-order valence-electron chi connectivity index (χ2n) is 7.46. The fourth-order valence-corrected chi connectivity index (χ4v) is 2.53. The second kappa shape index (κ2) is 5.50. The molecule has 122 valence electrons. The van der Waals surface area contributed by atoms with Gasteiger partial charge in [-0.3, -0.25) is 4.79 Å². The largest absolute Gasteiger partial charge is 0.494 e. The van der Waals surface area contributed by atoms with E-state index in [1.165, 1.54) is 0 Å². The van der Waals surface area contributed by atoms with Gasteiger partial charge in [0, 0.05) is 11.3 Å². The minimum Gasteiger partial charge on any atom is -0.399 e. The number of hydrogen-bond donors (Lipinski definition) is 1. The van der Waals surface area contributed by atoms with Crippen LogP contribution in [-0.4, -0.2) is 24.2 Å². The summed E-state index contributed by atoms with van der Waals surface area (Å²) >= 11 is 0. The van der Waals surface area contributed by atoms with E-state index in [1.807, 2.05) is 52.0 Å². The maximum Gasteiger partial charge on any atom is 0.494 e. The zero-order valence-corrected chi connectivity index (χ0v) is 14.3. The number of carbonyl (C=O) groups is 1. The highest BCUT2D eigenvalue weighted by molar-refractivity contribution is 6.62. The second-order valence-corrected chi connectivity index (χ2v) is 7.46. The molecule has 1 saturated heterocycles. The van der Waals surface area contributed by atoms with Crippen LogP contribution in [0.4, 0.5) is 5.69 Å². The highest BCUT2D eigenvalue weighted by Crippen LogP contribution is 2.37. The molecule has 1 saturated carbocycles. The molecule has 1 aliphatic carbocycles. The van der Waals surface area contributed by atoms with E-state index in [4.69, 9.17) is 9.31 Å². The van der Waals surface area contributed by atoms with Crippen LogP contribution >= 0.6 is 0 Å². The Balaban J connectivity index is 1.66. The van der Waals surface area contributed by atoms with Crippen molar-refractivity contribution in [1.29, 1.82) is 0 Å². The molecule has 0 spiro atoms. The van der Waals surface area contributed by atoms with Gasteiger partial charge in [-0.25, -0.2) is 0 Å². The van der Waals surface area contributed by atoms with Crippen molar-refractivity contribution in [2.75, 3.05) is 5.32 Å². The van der Waals surface area contributed by atoms with Crippen molar-refractivity contribution in [2.24, 2.45) is 5.92 Å². The Kier molecular flexibility index (Phi) is 3.89. The Morgan fingerprint density at radius 2 is 1.65 bits per heavy atom. The Morgan fingerprint density at radius 1 is 1.13 bits per heavy atom. The SMILES string of the molecule is C=C(C(=O)Nc1ccc(B2OC(C)(C)C(C)(C)O2)cc1)C1CC1. The smallest absolute Gasteiger partial charge is 0.399 e. The lowest BCUT2D eigenvalue weighted by Crippen LogP contribution is -2.41. The van der Waals surface area contributed by atoms with Crippen LogP contribution in [0.3, 0.4) is 0 Å². The van der Waals surface area contributed by atoms with Crippen LogP contribution in [0.5, 0.6) is 0 Å². The van der Waals surface area contributed by atoms with E-state index < -0.39 is 0 Å². The summed E-state index contributed by atoms with van der Waals surface area (Å²) in [7, 11) is -0.383. The standard InChI is InChI=1S/C18H24BNO3/c1-12(13-6-7-13)16(21)20-15-10-8-14(9-11-15)19-22-17(2,3)18(4,5)23-19/h8-11,13H,1,6-7H2,2-5H3,(H,20,21). The van der Waals surface area contributed by atoms with Crippen LogP contribution in [0, 0.1) is 5.92 Å². The molecule has 2 aliphatic rings. The zero-order chi connectivity index (χ0) is 16.8. The molecule has 23 heavy (non-hydrogen) atoms. The highest BCUT2D eigenvalue weighted by Gasteiger charge is 2.51. The van der Waals surface area contributed by atoms with Crippen molar-refractivity contribution in [3.05, 3.63) is 36.4 Å². The Bertz CT molecular complexity index is 616. The first-order chi connectivity index (χ1) is 10.7.